The first kappa shape index (κ1) is 16.3. The molecule has 0 saturated carbocycles. The molecule has 0 amide bonds. The lowest BCUT2D eigenvalue weighted by atomic mass is 9.96. The third-order valence-corrected chi connectivity index (χ3v) is 4.20. The Morgan fingerprint density at radius 1 is 1.19 bits per heavy atom. The predicted molar refractivity (Wildman–Crippen MR) is 87.0 cm³/mol. The molecule has 1 saturated heterocycles. The molecule has 1 fully saturated rings. The molecule has 2 rings (SSSR count). The number of hydrogen-bond donors (Lipinski definition) is 1. The molecular formula is C18H29NO2. The molecule has 1 aromatic rings. The van der Waals surface area contributed by atoms with E-state index in [-0.39, 0.29) is 17.3 Å². The van der Waals surface area contributed by atoms with Crippen molar-refractivity contribution in [2.24, 2.45) is 5.73 Å². The Bertz CT molecular complexity index is 497. The molecule has 1 heterocycles. The van der Waals surface area contributed by atoms with Gasteiger partial charge in [0.05, 0.1) is 5.60 Å². The maximum absolute atomic E-state index is 6.36. The van der Waals surface area contributed by atoms with Crippen molar-refractivity contribution in [1.82, 2.24) is 0 Å². The van der Waals surface area contributed by atoms with Gasteiger partial charge in [-0.1, -0.05) is 12.1 Å². The van der Waals surface area contributed by atoms with E-state index in [1.165, 1.54) is 16.7 Å². The zero-order valence-corrected chi connectivity index (χ0v) is 14.2. The fourth-order valence-corrected chi connectivity index (χ4v) is 3.37. The van der Waals surface area contributed by atoms with E-state index in [1.54, 1.807) is 0 Å². The standard InChI is InChI=1S/C18H29NO2/c1-12-9-14(7-8-19)10-13(2)16(12)20-15-11-17(3,4)21-18(15,5)6/h9-10,15H,7-8,11,19H2,1-6H3. The Morgan fingerprint density at radius 3 is 2.19 bits per heavy atom. The summed E-state index contributed by atoms with van der Waals surface area (Å²) in [6.07, 6.45) is 1.89. The molecule has 1 atom stereocenters. The number of hydrogen-bond acceptors (Lipinski definition) is 3. The first-order valence-corrected chi connectivity index (χ1v) is 7.82. The Balaban J connectivity index is 2.24. The van der Waals surface area contributed by atoms with Gasteiger partial charge in [0.1, 0.15) is 17.5 Å². The lowest BCUT2D eigenvalue weighted by Gasteiger charge is -2.28. The molecule has 0 aliphatic carbocycles. The van der Waals surface area contributed by atoms with Gasteiger partial charge in [0, 0.05) is 6.42 Å². The SMILES string of the molecule is Cc1cc(CCN)cc(C)c1OC1CC(C)(C)OC1(C)C. The molecule has 0 aromatic heterocycles. The van der Waals surface area contributed by atoms with E-state index >= 15 is 0 Å². The summed E-state index contributed by atoms with van der Waals surface area (Å²) in [5.41, 5.74) is 8.89. The highest BCUT2D eigenvalue weighted by Crippen LogP contribution is 2.40. The molecule has 21 heavy (non-hydrogen) atoms. The summed E-state index contributed by atoms with van der Waals surface area (Å²) in [5.74, 6) is 0.996. The highest BCUT2D eigenvalue weighted by Gasteiger charge is 2.47. The zero-order valence-electron chi connectivity index (χ0n) is 14.2. The molecule has 1 aliphatic rings. The van der Waals surface area contributed by atoms with Crippen LogP contribution in [0.1, 0.15) is 50.8 Å². The highest BCUT2D eigenvalue weighted by molar-refractivity contribution is 5.43. The van der Waals surface area contributed by atoms with Crippen molar-refractivity contribution in [3.05, 3.63) is 28.8 Å². The lowest BCUT2D eigenvalue weighted by Crippen LogP contribution is -2.37. The Labute approximate surface area is 128 Å². The zero-order chi connectivity index (χ0) is 15.8. The van der Waals surface area contributed by atoms with E-state index in [1.807, 2.05) is 0 Å². The van der Waals surface area contributed by atoms with Crippen molar-refractivity contribution in [3.8, 4) is 5.75 Å². The van der Waals surface area contributed by atoms with Gasteiger partial charge in [-0.3, -0.25) is 0 Å². The van der Waals surface area contributed by atoms with E-state index < -0.39 is 0 Å². The van der Waals surface area contributed by atoms with Crippen LogP contribution in [-0.2, 0) is 11.2 Å². The smallest absolute Gasteiger partial charge is 0.130 e. The molecule has 0 radical (unpaired) electrons. The second-order valence-corrected chi connectivity index (χ2v) is 7.37. The minimum atomic E-state index is -0.266. The molecule has 118 valence electrons. The van der Waals surface area contributed by atoms with E-state index in [4.69, 9.17) is 15.2 Å². The molecule has 2 N–H and O–H groups in total. The topological polar surface area (TPSA) is 44.5 Å². The summed E-state index contributed by atoms with van der Waals surface area (Å²) in [6, 6.07) is 4.37. The number of nitrogens with two attached hydrogens (primary N) is 1. The fourth-order valence-electron chi connectivity index (χ4n) is 3.37. The first-order valence-electron chi connectivity index (χ1n) is 7.82. The van der Waals surface area contributed by atoms with E-state index in [0.717, 1.165) is 18.6 Å². The second kappa shape index (κ2) is 5.62. The number of benzene rings is 1. The van der Waals surface area contributed by atoms with Gasteiger partial charge in [0.2, 0.25) is 0 Å². The van der Waals surface area contributed by atoms with Gasteiger partial charge in [-0.2, -0.15) is 0 Å². The highest BCUT2D eigenvalue weighted by atomic mass is 16.6. The average molecular weight is 291 g/mol. The van der Waals surface area contributed by atoms with E-state index in [0.29, 0.717) is 6.54 Å². The van der Waals surface area contributed by atoms with Crippen LogP contribution in [0.3, 0.4) is 0 Å². The lowest BCUT2D eigenvalue weighted by molar-refractivity contribution is -0.0847. The van der Waals surface area contributed by atoms with Crippen LogP contribution in [0.4, 0.5) is 0 Å². The van der Waals surface area contributed by atoms with Crippen LogP contribution in [0, 0.1) is 13.8 Å². The van der Waals surface area contributed by atoms with Gasteiger partial charge >= 0.3 is 0 Å². The summed E-state index contributed by atoms with van der Waals surface area (Å²) in [5, 5.41) is 0. The third kappa shape index (κ3) is 3.58. The van der Waals surface area contributed by atoms with Crippen LogP contribution in [0.15, 0.2) is 12.1 Å². The first-order chi connectivity index (χ1) is 9.64. The van der Waals surface area contributed by atoms with Crippen LogP contribution >= 0.6 is 0 Å². The van der Waals surface area contributed by atoms with Crippen molar-refractivity contribution in [2.75, 3.05) is 6.54 Å². The normalized spacial score (nSPS) is 23.3. The summed E-state index contributed by atoms with van der Waals surface area (Å²) in [4.78, 5) is 0. The number of rotatable bonds is 4. The molecule has 1 aliphatic heterocycles. The average Bonchev–Trinajstić information content (AvgIpc) is 2.52. The van der Waals surface area contributed by atoms with Gasteiger partial charge in [0.25, 0.3) is 0 Å². The predicted octanol–water partition coefficient (Wildman–Crippen LogP) is 3.53. The second-order valence-electron chi connectivity index (χ2n) is 7.37. The van der Waals surface area contributed by atoms with Gasteiger partial charge in [0.15, 0.2) is 0 Å². The van der Waals surface area contributed by atoms with Crippen LogP contribution in [0.25, 0.3) is 0 Å². The van der Waals surface area contributed by atoms with Crippen LogP contribution in [0.2, 0.25) is 0 Å². The fraction of sp³-hybridized carbons (Fsp3) is 0.667. The Kier molecular flexibility index (Phi) is 4.36. The molecule has 1 aromatic carbocycles. The van der Waals surface area contributed by atoms with Gasteiger partial charge < -0.3 is 15.2 Å². The Morgan fingerprint density at radius 2 is 1.76 bits per heavy atom. The molecule has 3 nitrogen and oxygen atoms in total. The van der Waals surface area contributed by atoms with Crippen molar-refractivity contribution in [2.45, 2.75) is 71.7 Å². The van der Waals surface area contributed by atoms with Gasteiger partial charge in [-0.15, -0.1) is 0 Å². The van der Waals surface area contributed by atoms with Gasteiger partial charge in [-0.25, -0.2) is 0 Å². The molecule has 3 heteroatoms. The summed E-state index contributed by atoms with van der Waals surface area (Å²) in [7, 11) is 0. The van der Waals surface area contributed by atoms with E-state index in [9.17, 15) is 0 Å². The molecule has 1 unspecified atom stereocenters. The molecule has 0 bridgehead atoms. The van der Waals surface area contributed by atoms with Crippen LogP contribution in [-0.4, -0.2) is 23.9 Å². The summed E-state index contributed by atoms with van der Waals surface area (Å²) >= 11 is 0. The number of ether oxygens (including phenoxy) is 2. The van der Waals surface area contributed by atoms with Crippen LogP contribution < -0.4 is 10.5 Å². The molecular weight excluding hydrogens is 262 g/mol. The van der Waals surface area contributed by atoms with Crippen LogP contribution in [0.5, 0.6) is 5.75 Å². The summed E-state index contributed by atoms with van der Waals surface area (Å²) < 4.78 is 12.5. The maximum atomic E-state index is 6.36. The monoisotopic (exact) mass is 291 g/mol. The van der Waals surface area contributed by atoms with Crippen molar-refractivity contribution in [1.29, 1.82) is 0 Å². The number of aryl methyl sites for hydroxylation is 2. The van der Waals surface area contributed by atoms with Crippen molar-refractivity contribution >= 4 is 0 Å². The van der Waals surface area contributed by atoms with Crippen molar-refractivity contribution in [3.63, 3.8) is 0 Å². The third-order valence-electron chi connectivity index (χ3n) is 4.20. The Hall–Kier alpha value is -1.06. The molecule has 0 spiro atoms. The minimum absolute atomic E-state index is 0.0743. The quantitative estimate of drug-likeness (QED) is 0.923. The van der Waals surface area contributed by atoms with Crippen molar-refractivity contribution < 1.29 is 9.47 Å². The van der Waals surface area contributed by atoms with Gasteiger partial charge in [-0.05, 0) is 71.2 Å². The van der Waals surface area contributed by atoms with E-state index in [2.05, 4.69) is 53.7 Å². The summed E-state index contributed by atoms with van der Waals surface area (Å²) in [6.45, 7) is 13.4. The minimum Gasteiger partial charge on any atom is -0.487 e. The maximum Gasteiger partial charge on any atom is 0.130 e. The largest absolute Gasteiger partial charge is 0.487 e.